The molecule has 0 saturated heterocycles. The van der Waals surface area contributed by atoms with E-state index in [9.17, 15) is 4.79 Å². The minimum Gasteiger partial charge on any atom is -0.352 e. The Morgan fingerprint density at radius 1 is 0.963 bits per heavy atom. The van der Waals surface area contributed by atoms with E-state index in [0.29, 0.717) is 17.3 Å². The van der Waals surface area contributed by atoms with Crippen molar-refractivity contribution in [2.75, 3.05) is 5.32 Å². The summed E-state index contributed by atoms with van der Waals surface area (Å²) in [6.45, 7) is 0. The molecule has 3 heterocycles. The second kappa shape index (κ2) is 6.06. The van der Waals surface area contributed by atoms with Crippen LogP contribution in [-0.2, 0) is 0 Å². The van der Waals surface area contributed by atoms with Gasteiger partial charge in [-0.05, 0) is 36.4 Å². The molecule has 0 fully saturated rings. The zero-order chi connectivity index (χ0) is 18.2. The zero-order valence-electron chi connectivity index (χ0n) is 14.1. The summed E-state index contributed by atoms with van der Waals surface area (Å²) in [6, 6.07) is 15.4. The SMILES string of the molecule is O=Cc1cc2ccc(-c3nccc(Nc4ccc5cn[nH]c5c4)n3)cc2[nH]1. The molecule has 0 aliphatic carbocycles. The second-order valence-electron chi connectivity index (χ2n) is 6.21. The van der Waals surface area contributed by atoms with Gasteiger partial charge in [0.1, 0.15) is 5.82 Å². The quantitative estimate of drug-likeness (QED) is 0.423. The first kappa shape index (κ1) is 15.3. The number of aromatic amines is 2. The minimum absolute atomic E-state index is 0.549. The van der Waals surface area contributed by atoms with Gasteiger partial charge in [0.05, 0.1) is 17.4 Å². The summed E-state index contributed by atoms with van der Waals surface area (Å²) in [7, 11) is 0. The normalized spacial score (nSPS) is 11.1. The first-order valence-electron chi connectivity index (χ1n) is 8.40. The van der Waals surface area contributed by atoms with Crippen LogP contribution in [0.15, 0.2) is 60.9 Å². The Morgan fingerprint density at radius 3 is 2.81 bits per heavy atom. The molecule has 7 heteroatoms. The van der Waals surface area contributed by atoms with Gasteiger partial charge in [-0.15, -0.1) is 0 Å². The van der Waals surface area contributed by atoms with Crippen LogP contribution in [-0.4, -0.2) is 31.4 Å². The Labute approximate surface area is 153 Å². The number of rotatable bonds is 4. The third kappa shape index (κ3) is 2.81. The van der Waals surface area contributed by atoms with Crippen molar-refractivity contribution < 1.29 is 4.79 Å². The zero-order valence-corrected chi connectivity index (χ0v) is 14.1. The van der Waals surface area contributed by atoms with Gasteiger partial charge in [-0.1, -0.05) is 12.1 Å². The van der Waals surface area contributed by atoms with E-state index in [4.69, 9.17) is 0 Å². The molecular weight excluding hydrogens is 340 g/mol. The van der Waals surface area contributed by atoms with E-state index >= 15 is 0 Å². The largest absolute Gasteiger partial charge is 0.352 e. The van der Waals surface area contributed by atoms with Crippen LogP contribution in [0.5, 0.6) is 0 Å². The maximum Gasteiger partial charge on any atom is 0.166 e. The Morgan fingerprint density at radius 2 is 1.89 bits per heavy atom. The van der Waals surface area contributed by atoms with E-state index in [1.807, 2.05) is 48.5 Å². The van der Waals surface area contributed by atoms with Crippen molar-refractivity contribution in [3.63, 3.8) is 0 Å². The van der Waals surface area contributed by atoms with E-state index in [1.54, 1.807) is 12.4 Å². The molecule has 5 rings (SSSR count). The van der Waals surface area contributed by atoms with Crippen LogP contribution in [0.3, 0.4) is 0 Å². The standard InChI is InChI=1S/C20H14N6O/c27-11-16-7-12-1-2-13(8-17(12)23-16)20-21-6-5-19(25-20)24-15-4-3-14-10-22-26-18(14)9-15/h1-11,23H,(H,22,26)(H,21,24,25). The number of benzene rings is 2. The molecule has 0 saturated carbocycles. The molecule has 2 aromatic carbocycles. The number of fused-ring (bicyclic) bond motifs is 2. The number of aldehydes is 1. The lowest BCUT2D eigenvalue weighted by Crippen LogP contribution is -1.96. The van der Waals surface area contributed by atoms with Gasteiger partial charge >= 0.3 is 0 Å². The fraction of sp³-hybridized carbons (Fsp3) is 0. The van der Waals surface area contributed by atoms with Gasteiger partial charge in [0, 0.05) is 33.7 Å². The predicted octanol–water partition coefficient (Wildman–Crippen LogP) is 4.06. The Hall–Kier alpha value is -4.00. The Bertz CT molecular complexity index is 1290. The summed E-state index contributed by atoms with van der Waals surface area (Å²) in [5.41, 5.74) is 4.16. The number of carbonyl (C=O) groups is 1. The number of nitrogens with one attached hydrogen (secondary N) is 3. The molecule has 0 amide bonds. The van der Waals surface area contributed by atoms with Crippen LogP contribution in [0.2, 0.25) is 0 Å². The van der Waals surface area contributed by atoms with Crippen molar-refractivity contribution in [2.24, 2.45) is 0 Å². The highest BCUT2D eigenvalue weighted by Crippen LogP contribution is 2.24. The number of H-pyrrole nitrogens is 2. The molecule has 7 nitrogen and oxygen atoms in total. The average molecular weight is 354 g/mol. The fourth-order valence-electron chi connectivity index (χ4n) is 3.08. The molecule has 0 spiro atoms. The van der Waals surface area contributed by atoms with Crippen LogP contribution in [0.25, 0.3) is 33.2 Å². The third-order valence-corrected chi connectivity index (χ3v) is 4.40. The maximum absolute atomic E-state index is 10.9. The number of carbonyl (C=O) groups excluding carboxylic acids is 1. The van der Waals surface area contributed by atoms with Crippen molar-refractivity contribution in [3.8, 4) is 11.4 Å². The summed E-state index contributed by atoms with van der Waals surface area (Å²) in [4.78, 5) is 23.0. The van der Waals surface area contributed by atoms with Gasteiger partial charge < -0.3 is 10.3 Å². The smallest absolute Gasteiger partial charge is 0.166 e. The lowest BCUT2D eigenvalue weighted by atomic mass is 10.1. The van der Waals surface area contributed by atoms with Crippen LogP contribution in [0, 0.1) is 0 Å². The van der Waals surface area contributed by atoms with Crippen LogP contribution >= 0.6 is 0 Å². The number of aromatic nitrogens is 5. The van der Waals surface area contributed by atoms with E-state index in [-0.39, 0.29) is 0 Å². The average Bonchev–Trinajstić information content (AvgIpc) is 3.33. The lowest BCUT2D eigenvalue weighted by molar-refractivity contribution is 0.112. The summed E-state index contributed by atoms with van der Waals surface area (Å²) in [5.74, 6) is 1.30. The topological polar surface area (TPSA) is 99.3 Å². The highest BCUT2D eigenvalue weighted by atomic mass is 16.1. The van der Waals surface area contributed by atoms with Gasteiger partial charge in [0.25, 0.3) is 0 Å². The fourth-order valence-corrected chi connectivity index (χ4v) is 3.08. The number of hydrogen-bond donors (Lipinski definition) is 3. The third-order valence-electron chi connectivity index (χ3n) is 4.40. The highest BCUT2D eigenvalue weighted by molar-refractivity contribution is 5.90. The molecule has 3 aromatic heterocycles. The first-order valence-corrected chi connectivity index (χ1v) is 8.40. The predicted molar refractivity (Wildman–Crippen MR) is 104 cm³/mol. The van der Waals surface area contributed by atoms with Crippen LogP contribution in [0.1, 0.15) is 10.5 Å². The van der Waals surface area contributed by atoms with Crippen molar-refractivity contribution in [1.82, 2.24) is 25.1 Å². The lowest BCUT2D eigenvalue weighted by Gasteiger charge is -2.07. The number of anilines is 2. The van der Waals surface area contributed by atoms with Crippen LogP contribution < -0.4 is 5.32 Å². The molecule has 0 atom stereocenters. The van der Waals surface area contributed by atoms with E-state index in [1.165, 1.54) is 0 Å². The molecule has 5 aromatic rings. The molecule has 0 radical (unpaired) electrons. The maximum atomic E-state index is 10.9. The van der Waals surface area contributed by atoms with Gasteiger partial charge in [0.2, 0.25) is 0 Å². The number of nitrogens with zero attached hydrogens (tertiary/aromatic N) is 3. The number of hydrogen-bond acceptors (Lipinski definition) is 5. The molecule has 0 unspecified atom stereocenters. The second-order valence-corrected chi connectivity index (χ2v) is 6.21. The highest BCUT2D eigenvalue weighted by Gasteiger charge is 2.07. The van der Waals surface area contributed by atoms with Gasteiger partial charge in [-0.2, -0.15) is 5.10 Å². The van der Waals surface area contributed by atoms with Crippen molar-refractivity contribution in [2.45, 2.75) is 0 Å². The molecule has 0 aliphatic heterocycles. The van der Waals surface area contributed by atoms with E-state index < -0.39 is 0 Å². The summed E-state index contributed by atoms with van der Waals surface area (Å²) >= 11 is 0. The molecule has 27 heavy (non-hydrogen) atoms. The van der Waals surface area contributed by atoms with E-state index in [2.05, 4.69) is 30.5 Å². The molecule has 0 aliphatic rings. The molecule has 130 valence electrons. The summed E-state index contributed by atoms with van der Waals surface area (Å²) in [5, 5.41) is 12.3. The monoisotopic (exact) mass is 354 g/mol. The first-order chi connectivity index (χ1) is 13.3. The van der Waals surface area contributed by atoms with Crippen LogP contribution in [0.4, 0.5) is 11.5 Å². The van der Waals surface area contributed by atoms with Crippen molar-refractivity contribution in [1.29, 1.82) is 0 Å². The minimum atomic E-state index is 0.549. The van der Waals surface area contributed by atoms with Crippen molar-refractivity contribution >= 4 is 39.6 Å². The molecule has 0 bridgehead atoms. The van der Waals surface area contributed by atoms with Crippen molar-refractivity contribution in [3.05, 3.63) is 66.6 Å². The summed E-state index contributed by atoms with van der Waals surface area (Å²) < 4.78 is 0. The van der Waals surface area contributed by atoms with Gasteiger partial charge in [0.15, 0.2) is 12.1 Å². The Balaban J connectivity index is 1.48. The molecule has 3 N–H and O–H groups in total. The van der Waals surface area contributed by atoms with Gasteiger partial charge in [-0.25, -0.2) is 9.97 Å². The van der Waals surface area contributed by atoms with E-state index in [0.717, 1.165) is 39.3 Å². The Kier molecular flexibility index (Phi) is 3.43. The van der Waals surface area contributed by atoms with Gasteiger partial charge in [-0.3, -0.25) is 9.89 Å². The molecular formula is C20H14N6O. The summed E-state index contributed by atoms with van der Waals surface area (Å²) in [6.07, 6.45) is 4.31.